The van der Waals surface area contributed by atoms with Crippen molar-refractivity contribution in [2.24, 2.45) is 5.11 Å². The highest BCUT2D eigenvalue weighted by Crippen LogP contribution is 1.79. The molecule has 0 aromatic rings. The highest BCUT2D eigenvalue weighted by Gasteiger charge is 1.87. The van der Waals surface area contributed by atoms with Crippen LogP contribution in [0, 0.1) is 5.53 Å². The molecule has 0 heterocycles. The van der Waals surface area contributed by atoms with Crippen molar-refractivity contribution in [3.05, 3.63) is 0 Å². The molecule has 0 bridgehead atoms. The van der Waals surface area contributed by atoms with Gasteiger partial charge in [0.2, 0.25) is 0 Å². The van der Waals surface area contributed by atoms with Gasteiger partial charge in [0, 0.05) is 6.42 Å². The van der Waals surface area contributed by atoms with E-state index < -0.39 is 0 Å². The zero-order valence-electron chi connectivity index (χ0n) is 4.27. The average Bonchev–Trinajstić information content (AvgIpc) is 1.61. The summed E-state index contributed by atoms with van der Waals surface area (Å²) in [5.41, 5.74) is 6.27. The average molecular weight is 100 g/mol. The molecule has 0 aliphatic rings. The van der Waals surface area contributed by atoms with Gasteiger partial charge in [-0.2, -0.15) is 5.11 Å². The summed E-state index contributed by atoms with van der Waals surface area (Å²) < 4.78 is 0. The van der Waals surface area contributed by atoms with E-state index in [1.54, 1.807) is 0 Å². The number of nitrogens with zero attached hydrogens (tertiary/aromatic N) is 1. The summed E-state index contributed by atoms with van der Waals surface area (Å²) in [5.74, 6) is 0.0935. The molecule has 0 saturated carbocycles. The summed E-state index contributed by atoms with van der Waals surface area (Å²) in [5, 5.41) is 3.00. The van der Waals surface area contributed by atoms with Crippen LogP contribution < -0.4 is 0 Å². The Kier molecular flexibility index (Phi) is 3.10. The molecular weight excluding hydrogens is 92.1 g/mol. The Morgan fingerprint density at radius 2 is 2.43 bits per heavy atom. The highest BCUT2D eigenvalue weighted by molar-refractivity contribution is 5.75. The van der Waals surface area contributed by atoms with E-state index in [0.717, 1.165) is 0 Å². The van der Waals surface area contributed by atoms with Gasteiger partial charge >= 0.3 is 0 Å². The van der Waals surface area contributed by atoms with Crippen molar-refractivity contribution in [3.63, 3.8) is 0 Å². The normalized spacial score (nSPS) is 8.14. The van der Waals surface area contributed by atoms with Gasteiger partial charge in [0.05, 0.1) is 6.54 Å². The lowest BCUT2D eigenvalue weighted by Crippen LogP contribution is -1.90. The van der Waals surface area contributed by atoms with Gasteiger partial charge in [-0.25, -0.2) is 5.53 Å². The van der Waals surface area contributed by atoms with E-state index in [1.165, 1.54) is 6.92 Å². The Morgan fingerprint density at radius 3 is 2.57 bits per heavy atom. The van der Waals surface area contributed by atoms with Crippen LogP contribution in [0.1, 0.15) is 13.3 Å². The fourth-order valence-corrected chi connectivity index (χ4v) is 0.213. The van der Waals surface area contributed by atoms with Crippen molar-refractivity contribution < 1.29 is 4.79 Å². The second-order valence-electron chi connectivity index (χ2n) is 1.33. The Balaban J connectivity index is 2.97. The molecule has 0 unspecified atom stereocenters. The van der Waals surface area contributed by atoms with Crippen LogP contribution in [0.5, 0.6) is 0 Å². The second-order valence-corrected chi connectivity index (χ2v) is 1.33. The minimum Gasteiger partial charge on any atom is -0.300 e. The van der Waals surface area contributed by atoms with E-state index in [1.807, 2.05) is 0 Å². The molecule has 40 valence electrons. The van der Waals surface area contributed by atoms with E-state index >= 15 is 0 Å². The molecule has 7 heavy (non-hydrogen) atoms. The van der Waals surface area contributed by atoms with Gasteiger partial charge in [-0.05, 0) is 6.92 Å². The molecule has 0 rings (SSSR count). The topological polar surface area (TPSA) is 53.3 Å². The minimum absolute atomic E-state index is 0.0935. The first-order valence-corrected chi connectivity index (χ1v) is 2.10. The van der Waals surface area contributed by atoms with Crippen LogP contribution in [0.2, 0.25) is 0 Å². The Labute approximate surface area is 42.2 Å². The zero-order valence-corrected chi connectivity index (χ0v) is 4.27. The number of ketones is 1. The molecular formula is C4H8N2O. The number of hydrogen-bond donors (Lipinski definition) is 1. The van der Waals surface area contributed by atoms with Crippen molar-refractivity contribution in [1.29, 1.82) is 5.53 Å². The Hall–Kier alpha value is -0.730. The third-order valence-corrected chi connectivity index (χ3v) is 0.576. The van der Waals surface area contributed by atoms with Gasteiger partial charge in [0.15, 0.2) is 0 Å². The lowest BCUT2D eigenvalue weighted by Gasteiger charge is -1.81. The smallest absolute Gasteiger partial charge is 0.131 e. The second kappa shape index (κ2) is 3.46. The highest BCUT2D eigenvalue weighted by atomic mass is 16.1. The van der Waals surface area contributed by atoms with E-state index in [9.17, 15) is 4.79 Å². The quantitative estimate of drug-likeness (QED) is 0.528. The largest absolute Gasteiger partial charge is 0.300 e. The number of carbonyl (C=O) groups excluding carboxylic acids is 1. The van der Waals surface area contributed by atoms with Crippen LogP contribution in [0.15, 0.2) is 5.11 Å². The van der Waals surface area contributed by atoms with Crippen LogP contribution in [-0.4, -0.2) is 12.3 Å². The molecule has 0 atom stereocenters. The van der Waals surface area contributed by atoms with Gasteiger partial charge < -0.3 is 0 Å². The third-order valence-electron chi connectivity index (χ3n) is 0.576. The van der Waals surface area contributed by atoms with E-state index in [-0.39, 0.29) is 5.78 Å². The Morgan fingerprint density at radius 1 is 1.86 bits per heavy atom. The monoisotopic (exact) mass is 100 g/mol. The summed E-state index contributed by atoms with van der Waals surface area (Å²) in [7, 11) is 0. The van der Waals surface area contributed by atoms with Gasteiger partial charge in [-0.3, -0.25) is 4.79 Å². The van der Waals surface area contributed by atoms with Gasteiger partial charge in [0.1, 0.15) is 5.78 Å². The molecule has 0 amide bonds. The van der Waals surface area contributed by atoms with Crippen LogP contribution >= 0.6 is 0 Å². The van der Waals surface area contributed by atoms with Crippen molar-refractivity contribution in [2.45, 2.75) is 13.3 Å². The van der Waals surface area contributed by atoms with Crippen molar-refractivity contribution in [1.82, 2.24) is 0 Å². The minimum atomic E-state index is 0.0935. The number of hydrogen-bond acceptors (Lipinski definition) is 3. The van der Waals surface area contributed by atoms with Crippen molar-refractivity contribution in [2.75, 3.05) is 6.54 Å². The van der Waals surface area contributed by atoms with E-state index in [0.29, 0.717) is 13.0 Å². The molecule has 0 aromatic carbocycles. The molecule has 3 nitrogen and oxygen atoms in total. The first kappa shape index (κ1) is 6.27. The summed E-state index contributed by atoms with van der Waals surface area (Å²) in [4.78, 5) is 10.1. The first-order chi connectivity index (χ1) is 3.27. The maximum absolute atomic E-state index is 10.1. The number of nitrogens with one attached hydrogen (secondary N) is 1. The first-order valence-electron chi connectivity index (χ1n) is 2.10. The standard InChI is InChI=1S/C4H8N2O/c1-4(7)2-3-6-5/h5H,2-3H2,1H3. The van der Waals surface area contributed by atoms with Crippen molar-refractivity contribution >= 4 is 5.78 Å². The van der Waals surface area contributed by atoms with Gasteiger partial charge in [-0.1, -0.05) is 0 Å². The molecule has 0 fully saturated rings. The summed E-state index contributed by atoms with van der Waals surface area (Å²) in [6.07, 6.45) is 0.406. The SMILES string of the molecule is CC(=O)CCN=N. The lowest BCUT2D eigenvalue weighted by atomic mass is 10.3. The van der Waals surface area contributed by atoms with Gasteiger partial charge in [0.25, 0.3) is 0 Å². The predicted molar refractivity (Wildman–Crippen MR) is 25.3 cm³/mol. The van der Waals surface area contributed by atoms with E-state index in [4.69, 9.17) is 5.53 Å². The molecule has 0 aliphatic heterocycles. The summed E-state index contributed by atoms with van der Waals surface area (Å²) in [6, 6.07) is 0. The maximum atomic E-state index is 10.1. The molecule has 3 heteroatoms. The van der Waals surface area contributed by atoms with E-state index in [2.05, 4.69) is 5.11 Å². The fourth-order valence-electron chi connectivity index (χ4n) is 0.213. The molecule has 0 saturated heterocycles. The molecule has 0 spiro atoms. The zero-order chi connectivity index (χ0) is 5.70. The third kappa shape index (κ3) is 5.27. The molecule has 0 radical (unpaired) electrons. The van der Waals surface area contributed by atoms with Gasteiger partial charge in [-0.15, -0.1) is 0 Å². The molecule has 0 aromatic heterocycles. The summed E-state index contributed by atoms with van der Waals surface area (Å²) in [6.45, 7) is 1.83. The molecule has 1 N–H and O–H groups in total. The van der Waals surface area contributed by atoms with Crippen LogP contribution in [0.4, 0.5) is 0 Å². The molecule has 0 aliphatic carbocycles. The summed E-state index contributed by atoms with van der Waals surface area (Å²) >= 11 is 0. The predicted octanol–water partition coefficient (Wildman–Crippen LogP) is 0.996. The number of carbonyl (C=O) groups is 1. The lowest BCUT2D eigenvalue weighted by molar-refractivity contribution is -0.116. The Bertz CT molecular complexity index is 79.8. The fraction of sp³-hybridized carbons (Fsp3) is 0.750. The van der Waals surface area contributed by atoms with Crippen molar-refractivity contribution in [3.8, 4) is 0 Å². The van der Waals surface area contributed by atoms with Crippen LogP contribution in [0.25, 0.3) is 0 Å². The number of rotatable bonds is 3. The number of Topliss-reactive ketones (excluding diaryl/α,β-unsaturated/α-hetero) is 1. The maximum Gasteiger partial charge on any atom is 0.131 e. The van der Waals surface area contributed by atoms with Crippen LogP contribution in [-0.2, 0) is 4.79 Å². The van der Waals surface area contributed by atoms with Crippen LogP contribution in [0.3, 0.4) is 0 Å².